The van der Waals surface area contributed by atoms with Crippen LogP contribution < -0.4 is 5.32 Å². The third-order valence-corrected chi connectivity index (χ3v) is 5.55. The lowest BCUT2D eigenvalue weighted by atomic mass is 10.1. The van der Waals surface area contributed by atoms with Gasteiger partial charge < -0.3 is 14.6 Å². The van der Waals surface area contributed by atoms with Crippen LogP contribution in [-0.4, -0.2) is 29.0 Å². The van der Waals surface area contributed by atoms with Gasteiger partial charge in [0.2, 0.25) is 0 Å². The Kier molecular flexibility index (Phi) is 5.30. The van der Waals surface area contributed by atoms with Crippen LogP contribution in [0.4, 0.5) is 11.4 Å². The second-order valence-electron chi connectivity index (χ2n) is 7.49. The number of nitro groups is 1. The fourth-order valence-electron chi connectivity index (χ4n) is 3.94. The number of hydrogen-bond donors (Lipinski definition) is 1. The Morgan fingerprint density at radius 1 is 1.25 bits per heavy atom. The number of nitro benzene ring substituents is 1. The zero-order valence-electron chi connectivity index (χ0n) is 16.1. The summed E-state index contributed by atoms with van der Waals surface area (Å²) in [5, 5.41) is 15.4. The molecule has 0 saturated carbocycles. The van der Waals surface area contributed by atoms with Gasteiger partial charge in [0, 0.05) is 37.0 Å². The van der Waals surface area contributed by atoms with E-state index >= 15 is 0 Å². The maximum atomic E-state index is 11.1. The van der Waals surface area contributed by atoms with Crippen LogP contribution in [0.5, 0.6) is 0 Å². The minimum Gasteiger partial charge on any atom is -0.461 e. The van der Waals surface area contributed by atoms with Crippen molar-refractivity contribution in [2.24, 2.45) is 0 Å². The van der Waals surface area contributed by atoms with Gasteiger partial charge >= 0.3 is 0 Å². The maximum Gasteiger partial charge on any atom is 0.292 e. The van der Waals surface area contributed by atoms with E-state index in [9.17, 15) is 10.1 Å². The number of nitrogens with one attached hydrogen (secondary N) is 1. The number of para-hydroxylation sites is 2. The molecule has 1 aliphatic heterocycles. The minimum absolute atomic E-state index is 0.0883. The molecule has 1 saturated heterocycles. The fraction of sp³-hybridized carbons (Fsp3) is 0.364. The molecule has 0 radical (unpaired) electrons. The van der Waals surface area contributed by atoms with E-state index in [1.165, 1.54) is 25.5 Å². The van der Waals surface area contributed by atoms with Crippen molar-refractivity contribution < 1.29 is 9.34 Å². The van der Waals surface area contributed by atoms with Gasteiger partial charge in [-0.15, -0.1) is 0 Å². The van der Waals surface area contributed by atoms with Crippen LogP contribution in [0.3, 0.4) is 0 Å². The van der Waals surface area contributed by atoms with Gasteiger partial charge in [-0.1, -0.05) is 18.2 Å². The molecule has 1 fully saturated rings. The molecule has 2 aromatic carbocycles. The van der Waals surface area contributed by atoms with Gasteiger partial charge in [0.05, 0.1) is 4.92 Å². The average Bonchev–Trinajstić information content (AvgIpc) is 3.29. The van der Waals surface area contributed by atoms with Crippen LogP contribution in [0.15, 0.2) is 52.9 Å². The highest BCUT2D eigenvalue weighted by atomic mass is 16.6. The predicted molar refractivity (Wildman–Crippen MR) is 111 cm³/mol. The van der Waals surface area contributed by atoms with Crippen molar-refractivity contribution in [3.63, 3.8) is 0 Å². The summed E-state index contributed by atoms with van der Waals surface area (Å²) in [6.07, 6.45) is 3.50. The SMILES string of the molecule is C[C@@H]1CCCN1CCc1cc2cc(CNc3ccccc3[N+](=O)[O-])ccc2o1. The molecule has 1 N–H and O–H groups in total. The lowest BCUT2D eigenvalue weighted by Gasteiger charge is -2.19. The molecule has 0 unspecified atom stereocenters. The van der Waals surface area contributed by atoms with Gasteiger partial charge in [-0.25, -0.2) is 0 Å². The predicted octanol–water partition coefficient (Wildman–Crippen LogP) is 4.98. The molecule has 2 heterocycles. The molecule has 0 aliphatic carbocycles. The number of hydrogen-bond acceptors (Lipinski definition) is 5. The lowest BCUT2D eigenvalue weighted by molar-refractivity contribution is -0.384. The van der Waals surface area contributed by atoms with Gasteiger partial charge in [0.15, 0.2) is 0 Å². The van der Waals surface area contributed by atoms with Crippen LogP contribution in [0.1, 0.15) is 31.1 Å². The Balaban J connectivity index is 1.42. The number of fused-ring (bicyclic) bond motifs is 1. The van der Waals surface area contributed by atoms with Crippen LogP contribution in [0.2, 0.25) is 0 Å². The molecule has 0 amide bonds. The van der Waals surface area contributed by atoms with E-state index in [0.717, 1.165) is 35.3 Å². The third kappa shape index (κ3) is 4.02. The molecule has 146 valence electrons. The quantitative estimate of drug-likeness (QED) is 0.463. The van der Waals surface area contributed by atoms with E-state index in [1.807, 2.05) is 12.1 Å². The third-order valence-electron chi connectivity index (χ3n) is 5.55. The number of rotatable bonds is 7. The maximum absolute atomic E-state index is 11.1. The van der Waals surface area contributed by atoms with Gasteiger partial charge in [-0.2, -0.15) is 0 Å². The van der Waals surface area contributed by atoms with Crippen molar-refractivity contribution >= 4 is 22.3 Å². The molecule has 1 atom stereocenters. The number of likely N-dealkylation sites (tertiary alicyclic amines) is 1. The van der Waals surface area contributed by atoms with Gasteiger partial charge in [0.1, 0.15) is 17.0 Å². The molecule has 1 aliphatic rings. The summed E-state index contributed by atoms with van der Waals surface area (Å²) < 4.78 is 6.00. The Morgan fingerprint density at radius 2 is 2.11 bits per heavy atom. The van der Waals surface area contributed by atoms with E-state index in [4.69, 9.17) is 4.42 Å². The van der Waals surface area contributed by atoms with E-state index in [0.29, 0.717) is 18.3 Å². The molecule has 0 spiro atoms. The topological polar surface area (TPSA) is 71.5 Å². The smallest absolute Gasteiger partial charge is 0.292 e. The Bertz CT molecular complexity index is 982. The summed E-state index contributed by atoms with van der Waals surface area (Å²) >= 11 is 0. The van der Waals surface area contributed by atoms with Crippen molar-refractivity contribution in [1.29, 1.82) is 0 Å². The Labute approximate surface area is 164 Å². The summed E-state index contributed by atoms with van der Waals surface area (Å²) in [5.74, 6) is 1.01. The Morgan fingerprint density at radius 3 is 2.89 bits per heavy atom. The number of anilines is 1. The van der Waals surface area contributed by atoms with Crippen molar-refractivity contribution in [2.45, 2.75) is 38.8 Å². The monoisotopic (exact) mass is 379 g/mol. The zero-order chi connectivity index (χ0) is 19.5. The minimum atomic E-state index is -0.366. The van der Waals surface area contributed by atoms with Crippen molar-refractivity contribution in [3.8, 4) is 0 Å². The van der Waals surface area contributed by atoms with Crippen LogP contribution in [0.25, 0.3) is 11.0 Å². The summed E-state index contributed by atoms with van der Waals surface area (Å²) in [7, 11) is 0. The van der Waals surface area contributed by atoms with Crippen molar-refractivity contribution in [2.75, 3.05) is 18.4 Å². The fourth-order valence-corrected chi connectivity index (χ4v) is 3.94. The molecular formula is C22H25N3O3. The molecule has 4 rings (SSSR count). The molecule has 6 heteroatoms. The first-order valence-electron chi connectivity index (χ1n) is 9.83. The van der Waals surface area contributed by atoms with Gasteiger partial charge in [-0.3, -0.25) is 10.1 Å². The van der Waals surface area contributed by atoms with E-state index in [-0.39, 0.29) is 10.6 Å². The molecular weight excluding hydrogens is 354 g/mol. The number of nitrogens with zero attached hydrogens (tertiary/aromatic N) is 2. The molecule has 6 nitrogen and oxygen atoms in total. The van der Waals surface area contributed by atoms with Crippen LogP contribution in [-0.2, 0) is 13.0 Å². The van der Waals surface area contributed by atoms with E-state index in [2.05, 4.69) is 29.3 Å². The summed E-state index contributed by atoms with van der Waals surface area (Å²) in [4.78, 5) is 13.3. The molecule has 1 aromatic heterocycles. The van der Waals surface area contributed by atoms with Crippen LogP contribution in [0, 0.1) is 10.1 Å². The van der Waals surface area contributed by atoms with Crippen LogP contribution >= 0.6 is 0 Å². The van der Waals surface area contributed by atoms with Gasteiger partial charge in [0.25, 0.3) is 5.69 Å². The number of benzene rings is 2. The highest BCUT2D eigenvalue weighted by Gasteiger charge is 2.20. The normalized spacial score (nSPS) is 17.2. The summed E-state index contributed by atoms with van der Waals surface area (Å²) in [6, 6.07) is 15.6. The molecule has 0 bridgehead atoms. The summed E-state index contributed by atoms with van der Waals surface area (Å²) in [6.45, 7) is 5.03. The lowest BCUT2D eigenvalue weighted by Crippen LogP contribution is -2.28. The standard InChI is InChI=1S/C22H25N3O3/c1-16-5-4-11-24(16)12-10-19-14-18-13-17(8-9-22(18)28-19)15-23-20-6-2-3-7-21(20)25(26)27/h2-3,6-9,13-14,16,23H,4-5,10-12,15H2,1H3/t16-/m1/s1. The second-order valence-corrected chi connectivity index (χ2v) is 7.49. The number of furan rings is 1. The molecule has 28 heavy (non-hydrogen) atoms. The largest absolute Gasteiger partial charge is 0.461 e. The first-order chi connectivity index (χ1) is 13.6. The molecule has 3 aromatic rings. The summed E-state index contributed by atoms with van der Waals surface area (Å²) in [5.41, 5.74) is 2.57. The zero-order valence-corrected chi connectivity index (χ0v) is 16.1. The van der Waals surface area contributed by atoms with Crippen molar-refractivity contribution in [1.82, 2.24) is 4.90 Å². The second kappa shape index (κ2) is 8.02. The van der Waals surface area contributed by atoms with E-state index < -0.39 is 0 Å². The van der Waals surface area contributed by atoms with E-state index in [1.54, 1.807) is 18.2 Å². The highest BCUT2D eigenvalue weighted by Crippen LogP contribution is 2.26. The van der Waals surface area contributed by atoms with Gasteiger partial charge in [-0.05, 0) is 56.1 Å². The first kappa shape index (κ1) is 18.5. The first-order valence-corrected chi connectivity index (χ1v) is 9.83. The Hall–Kier alpha value is -2.86. The van der Waals surface area contributed by atoms with Crippen molar-refractivity contribution in [3.05, 3.63) is 70.0 Å². The highest BCUT2D eigenvalue weighted by molar-refractivity contribution is 5.79. The average molecular weight is 379 g/mol.